The fraction of sp³-hybridized carbons (Fsp3) is 0.286. The van der Waals surface area contributed by atoms with E-state index in [-0.39, 0.29) is 6.03 Å². The number of hydrogen-bond donors (Lipinski definition) is 1. The molecule has 0 unspecified atom stereocenters. The van der Waals surface area contributed by atoms with Crippen molar-refractivity contribution in [2.45, 2.75) is 19.8 Å². The number of rotatable bonds is 3. The number of amides is 2. The molecule has 0 fully saturated rings. The normalized spacial score (nSPS) is 13.9. The van der Waals surface area contributed by atoms with Gasteiger partial charge in [0.05, 0.1) is 22.6 Å². The summed E-state index contributed by atoms with van der Waals surface area (Å²) in [6, 6.07) is 5.47. The van der Waals surface area contributed by atoms with E-state index in [1.54, 1.807) is 29.7 Å². The van der Waals surface area contributed by atoms with Crippen LogP contribution in [0.5, 0.6) is 0 Å². The number of hydrogen-bond acceptors (Lipinski definition) is 6. The monoisotopic (exact) mass is 423 g/mol. The minimum atomic E-state index is -0.288. The highest BCUT2D eigenvalue weighted by Gasteiger charge is 2.25. The first-order valence-electron chi connectivity index (χ1n) is 9.87. The van der Waals surface area contributed by atoms with Crippen molar-refractivity contribution < 1.29 is 4.79 Å². The molecular weight excluding hydrogens is 402 g/mol. The van der Waals surface area contributed by atoms with Gasteiger partial charge >= 0.3 is 6.03 Å². The minimum absolute atomic E-state index is 0.288. The lowest BCUT2D eigenvalue weighted by Gasteiger charge is -2.33. The molecule has 1 N–H and O–H groups in total. The van der Waals surface area contributed by atoms with Crippen molar-refractivity contribution in [3.05, 3.63) is 54.2 Å². The smallest absolute Gasteiger partial charge is 0.328 e. The Kier molecular flexibility index (Phi) is 6.04. The second-order valence-electron chi connectivity index (χ2n) is 6.89. The van der Waals surface area contributed by atoms with Gasteiger partial charge in [-0.2, -0.15) is 0 Å². The SMILES string of the molecule is CCN1CCCCN(C(=O)Nc2cnccn2)c2nc(-c3cncc(Cl)c3)ccc21. The number of urea groups is 1. The van der Waals surface area contributed by atoms with Crippen molar-refractivity contribution in [3.8, 4) is 11.3 Å². The molecule has 4 heterocycles. The molecule has 1 aliphatic heterocycles. The van der Waals surface area contributed by atoms with Crippen LogP contribution < -0.4 is 15.1 Å². The lowest BCUT2D eigenvalue weighted by molar-refractivity contribution is 0.256. The fourth-order valence-corrected chi connectivity index (χ4v) is 3.64. The van der Waals surface area contributed by atoms with E-state index in [4.69, 9.17) is 16.6 Å². The highest BCUT2D eigenvalue weighted by Crippen LogP contribution is 2.33. The molecule has 0 aliphatic carbocycles. The lowest BCUT2D eigenvalue weighted by atomic mass is 10.1. The summed E-state index contributed by atoms with van der Waals surface area (Å²) >= 11 is 6.11. The largest absolute Gasteiger partial charge is 0.369 e. The summed E-state index contributed by atoms with van der Waals surface area (Å²) < 4.78 is 0. The maximum Gasteiger partial charge on any atom is 0.328 e. The Balaban J connectivity index is 1.76. The van der Waals surface area contributed by atoms with Crippen LogP contribution >= 0.6 is 11.6 Å². The number of halogens is 1. The van der Waals surface area contributed by atoms with Crippen molar-refractivity contribution in [2.75, 3.05) is 34.8 Å². The quantitative estimate of drug-likeness (QED) is 0.677. The van der Waals surface area contributed by atoms with Crippen LogP contribution in [0.1, 0.15) is 19.8 Å². The van der Waals surface area contributed by atoms with Gasteiger partial charge in [0.25, 0.3) is 0 Å². The minimum Gasteiger partial charge on any atom is -0.369 e. The summed E-state index contributed by atoms with van der Waals surface area (Å²) in [4.78, 5) is 34.2. The Morgan fingerprint density at radius 1 is 1.13 bits per heavy atom. The standard InChI is InChI=1S/C21H22ClN7O/c1-2-28-9-3-4-10-29(21(30)27-19-14-23-7-8-25-19)20-18(28)6-5-17(26-20)15-11-16(22)13-24-12-15/h5-8,11-14H,2-4,9-10H2,1H3,(H,25,27,30). The van der Waals surface area contributed by atoms with Gasteiger partial charge in [-0.25, -0.2) is 14.8 Å². The predicted octanol–water partition coefficient (Wildman–Crippen LogP) is 4.25. The number of pyridine rings is 2. The Morgan fingerprint density at radius 2 is 2.00 bits per heavy atom. The summed E-state index contributed by atoms with van der Waals surface area (Å²) in [6.07, 6.45) is 9.77. The van der Waals surface area contributed by atoms with E-state index < -0.39 is 0 Å². The molecule has 0 bridgehead atoms. The molecule has 8 nitrogen and oxygen atoms in total. The third kappa shape index (κ3) is 4.33. The summed E-state index contributed by atoms with van der Waals surface area (Å²) in [5.41, 5.74) is 2.42. The van der Waals surface area contributed by atoms with E-state index in [1.807, 2.05) is 18.2 Å². The summed E-state index contributed by atoms with van der Waals surface area (Å²) in [5, 5.41) is 3.36. The molecule has 0 radical (unpaired) electrons. The first kappa shape index (κ1) is 20.0. The third-order valence-corrected chi connectivity index (χ3v) is 5.14. The van der Waals surface area contributed by atoms with Gasteiger partial charge in [-0.05, 0) is 38.0 Å². The molecular formula is C21H22ClN7O. The van der Waals surface area contributed by atoms with Crippen LogP contribution in [0.2, 0.25) is 5.02 Å². The number of aromatic nitrogens is 4. The second kappa shape index (κ2) is 9.04. The number of nitrogens with one attached hydrogen (secondary N) is 1. The number of carbonyl (C=O) groups excluding carboxylic acids is 1. The fourth-order valence-electron chi connectivity index (χ4n) is 3.47. The Labute approximate surface area is 180 Å². The summed E-state index contributed by atoms with van der Waals surface area (Å²) in [6.45, 7) is 4.40. The molecule has 1 aliphatic rings. The zero-order chi connectivity index (χ0) is 20.9. The first-order valence-corrected chi connectivity index (χ1v) is 10.2. The molecule has 9 heteroatoms. The van der Waals surface area contributed by atoms with Crippen molar-refractivity contribution in [2.24, 2.45) is 0 Å². The van der Waals surface area contributed by atoms with Crippen molar-refractivity contribution in [1.29, 1.82) is 0 Å². The van der Waals surface area contributed by atoms with E-state index in [9.17, 15) is 4.79 Å². The molecule has 0 atom stereocenters. The van der Waals surface area contributed by atoms with Crippen LogP contribution in [-0.2, 0) is 0 Å². The topological polar surface area (TPSA) is 87.1 Å². The Bertz CT molecular complexity index is 1030. The van der Waals surface area contributed by atoms with Crippen molar-refractivity contribution in [3.63, 3.8) is 0 Å². The Hall–Kier alpha value is -3.26. The van der Waals surface area contributed by atoms with Gasteiger partial charge in [-0.15, -0.1) is 0 Å². The predicted molar refractivity (Wildman–Crippen MR) is 118 cm³/mol. The van der Waals surface area contributed by atoms with E-state index in [1.165, 1.54) is 6.20 Å². The highest BCUT2D eigenvalue weighted by atomic mass is 35.5. The zero-order valence-electron chi connectivity index (χ0n) is 16.6. The van der Waals surface area contributed by atoms with Crippen LogP contribution in [0.15, 0.2) is 49.2 Å². The van der Waals surface area contributed by atoms with E-state index in [0.29, 0.717) is 28.9 Å². The maximum atomic E-state index is 13.1. The van der Waals surface area contributed by atoms with Crippen LogP contribution in [0.25, 0.3) is 11.3 Å². The van der Waals surface area contributed by atoms with Gasteiger partial charge in [0.2, 0.25) is 0 Å². The van der Waals surface area contributed by atoms with Gasteiger partial charge < -0.3 is 4.90 Å². The van der Waals surface area contributed by atoms with Gasteiger partial charge in [0.1, 0.15) is 0 Å². The number of nitrogens with zero attached hydrogens (tertiary/aromatic N) is 6. The molecule has 4 rings (SSSR count). The highest BCUT2D eigenvalue weighted by molar-refractivity contribution is 6.30. The van der Waals surface area contributed by atoms with Crippen LogP contribution in [0.3, 0.4) is 0 Å². The molecule has 0 spiro atoms. The average molecular weight is 424 g/mol. The molecule has 154 valence electrons. The lowest BCUT2D eigenvalue weighted by Crippen LogP contribution is -2.40. The summed E-state index contributed by atoms with van der Waals surface area (Å²) in [7, 11) is 0. The van der Waals surface area contributed by atoms with Crippen molar-refractivity contribution in [1.82, 2.24) is 19.9 Å². The average Bonchev–Trinajstić information content (AvgIpc) is 2.75. The van der Waals surface area contributed by atoms with E-state index in [2.05, 4.69) is 32.1 Å². The molecule has 0 aromatic carbocycles. The molecule has 2 amide bonds. The molecule has 30 heavy (non-hydrogen) atoms. The zero-order valence-corrected chi connectivity index (χ0v) is 17.4. The number of carbonyl (C=O) groups is 1. The summed E-state index contributed by atoms with van der Waals surface area (Å²) in [5.74, 6) is 1.00. The molecule has 3 aromatic heterocycles. The van der Waals surface area contributed by atoms with Gasteiger partial charge in [0.15, 0.2) is 11.6 Å². The second-order valence-corrected chi connectivity index (χ2v) is 7.33. The van der Waals surface area contributed by atoms with Gasteiger partial charge in [0, 0.05) is 50.0 Å². The van der Waals surface area contributed by atoms with Crippen molar-refractivity contribution >= 4 is 35.0 Å². The van der Waals surface area contributed by atoms with Gasteiger partial charge in [-0.3, -0.25) is 20.2 Å². The van der Waals surface area contributed by atoms with Gasteiger partial charge in [-0.1, -0.05) is 11.6 Å². The third-order valence-electron chi connectivity index (χ3n) is 4.94. The van der Waals surface area contributed by atoms with Crippen LogP contribution in [0.4, 0.5) is 22.1 Å². The molecule has 3 aromatic rings. The van der Waals surface area contributed by atoms with E-state index in [0.717, 1.165) is 37.2 Å². The van der Waals surface area contributed by atoms with E-state index >= 15 is 0 Å². The number of anilines is 3. The first-order chi connectivity index (χ1) is 14.7. The Morgan fingerprint density at radius 3 is 2.77 bits per heavy atom. The number of fused-ring (bicyclic) bond motifs is 1. The maximum absolute atomic E-state index is 13.1. The molecule has 0 saturated heterocycles. The molecule has 0 saturated carbocycles. The van der Waals surface area contributed by atoms with Crippen LogP contribution in [-0.4, -0.2) is 45.6 Å². The van der Waals surface area contributed by atoms with Crippen LogP contribution in [0, 0.1) is 0 Å².